The third-order valence-electron chi connectivity index (χ3n) is 7.36. The Morgan fingerprint density at radius 1 is 1.29 bits per heavy atom. The number of allylic oxidation sites excluding steroid dienone is 4. The summed E-state index contributed by atoms with van der Waals surface area (Å²) < 4.78 is 16.6. The SMILES string of the molecule is C=C/C(O)=C(\C(F)=C/C)c1cc2c(cc1Cl)c(N1CCN(C)CC1C)nc(=O)n2-c1ccncc1C1CC1. The van der Waals surface area contributed by atoms with Gasteiger partial charge in [-0.2, -0.15) is 4.98 Å². The van der Waals surface area contributed by atoms with Crippen LogP contribution in [-0.2, 0) is 0 Å². The molecule has 1 unspecified atom stereocenters. The van der Waals surface area contributed by atoms with Gasteiger partial charge in [0.05, 0.1) is 16.8 Å². The lowest BCUT2D eigenvalue weighted by atomic mass is 9.99. The largest absolute Gasteiger partial charge is 0.507 e. The van der Waals surface area contributed by atoms with Gasteiger partial charge in [0.1, 0.15) is 17.4 Å². The zero-order valence-electron chi connectivity index (χ0n) is 21.8. The number of anilines is 1. The van der Waals surface area contributed by atoms with Gasteiger partial charge in [0.2, 0.25) is 0 Å². The minimum absolute atomic E-state index is 0.0862. The van der Waals surface area contributed by atoms with Gasteiger partial charge < -0.3 is 14.9 Å². The molecule has 3 aromatic rings. The Labute approximate surface area is 226 Å². The lowest BCUT2D eigenvalue weighted by Gasteiger charge is -2.39. The highest BCUT2D eigenvalue weighted by molar-refractivity contribution is 6.33. The molecule has 0 radical (unpaired) electrons. The van der Waals surface area contributed by atoms with Crippen LogP contribution >= 0.6 is 11.6 Å². The summed E-state index contributed by atoms with van der Waals surface area (Å²) in [6.07, 6.45) is 7.93. The Bertz CT molecular complexity index is 1540. The van der Waals surface area contributed by atoms with E-state index in [4.69, 9.17) is 11.6 Å². The molecule has 7 nitrogen and oxygen atoms in total. The van der Waals surface area contributed by atoms with Crippen LogP contribution in [0.1, 0.15) is 43.7 Å². The molecule has 5 rings (SSSR count). The number of benzene rings is 1. The molecule has 3 heterocycles. The Morgan fingerprint density at radius 3 is 2.71 bits per heavy atom. The van der Waals surface area contributed by atoms with Crippen molar-refractivity contribution >= 4 is 33.9 Å². The van der Waals surface area contributed by atoms with Crippen molar-refractivity contribution in [2.45, 2.75) is 38.6 Å². The van der Waals surface area contributed by atoms with Gasteiger partial charge in [0, 0.05) is 54.0 Å². The number of piperazine rings is 1. The standard InChI is InChI=1S/C29H31ClFN5O2/c1-5-23(31)27(26(37)6-2)19-14-25-20(13-22(19)30)28(35-12-11-34(4)16-17(35)3)33-29(38)36(25)24-9-10-32-15-21(24)18-7-8-18/h5-6,9-10,13-15,17-18,37H,2,7-8,11-12,16H2,1,3-4H3/b23-5+,27-26+. The smallest absolute Gasteiger partial charge is 0.354 e. The third kappa shape index (κ3) is 4.63. The molecule has 1 aliphatic heterocycles. The minimum Gasteiger partial charge on any atom is -0.507 e. The molecule has 1 saturated heterocycles. The summed E-state index contributed by atoms with van der Waals surface area (Å²) in [4.78, 5) is 27.1. The van der Waals surface area contributed by atoms with Gasteiger partial charge in [0.25, 0.3) is 0 Å². The van der Waals surface area contributed by atoms with Crippen molar-refractivity contribution < 1.29 is 9.50 Å². The molecular weight excluding hydrogens is 505 g/mol. The summed E-state index contributed by atoms with van der Waals surface area (Å²) in [6, 6.07) is 5.31. The Hall–Kier alpha value is -3.49. The number of rotatable bonds is 6. The van der Waals surface area contributed by atoms with Crippen molar-refractivity contribution in [3.8, 4) is 5.69 Å². The van der Waals surface area contributed by atoms with E-state index in [-0.39, 0.29) is 28.0 Å². The second-order valence-corrected chi connectivity index (χ2v) is 10.4. The monoisotopic (exact) mass is 535 g/mol. The predicted molar refractivity (Wildman–Crippen MR) is 151 cm³/mol. The number of hydrogen-bond donors (Lipinski definition) is 1. The lowest BCUT2D eigenvalue weighted by molar-refractivity contribution is 0.275. The average Bonchev–Trinajstić information content (AvgIpc) is 3.74. The van der Waals surface area contributed by atoms with E-state index in [9.17, 15) is 9.90 Å². The van der Waals surface area contributed by atoms with Gasteiger partial charge in [-0.3, -0.25) is 9.55 Å². The molecule has 1 aliphatic carbocycles. The summed E-state index contributed by atoms with van der Waals surface area (Å²) >= 11 is 6.78. The highest BCUT2D eigenvalue weighted by Crippen LogP contribution is 2.43. The second kappa shape index (κ2) is 10.3. The highest BCUT2D eigenvalue weighted by atomic mass is 35.5. The molecule has 38 heavy (non-hydrogen) atoms. The fourth-order valence-corrected chi connectivity index (χ4v) is 5.53. The van der Waals surface area contributed by atoms with Crippen LogP contribution in [0.3, 0.4) is 0 Å². The molecule has 2 aromatic heterocycles. The summed E-state index contributed by atoms with van der Waals surface area (Å²) in [5.41, 5.74) is 1.92. The fourth-order valence-electron chi connectivity index (χ4n) is 5.27. The lowest BCUT2D eigenvalue weighted by Crippen LogP contribution is -2.51. The number of hydrogen-bond acceptors (Lipinski definition) is 6. The summed E-state index contributed by atoms with van der Waals surface area (Å²) in [5, 5.41) is 11.5. The first-order chi connectivity index (χ1) is 18.2. The summed E-state index contributed by atoms with van der Waals surface area (Å²) in [6.45, 7) is 9.57. The molecule has 1 atom stereocenters. The van der Waals surface area contributed by atoms with Crippen molar-refractivity contribution in [2.75, 3.05) is 31.6 Å². The molecule has 0 bridgehead atoms. The summed E-state index contributed by atoms with van der Waals surface area (Å²) in [7, 11) is 2.07. The van der Waals surface area contributed by atoms with E-state index in [1.165, 1.54) is 19.1 Å². The number of likely N-dealkylation sites (N-methyl/N-ethyl adjacent to an activating group) is 1. The van der Waals surface area contributed by atoms with Crippen LogP contribution in [0.15, 0.2) is 65.7 Å². The first-order valence-corrected chi connectivity index (χ1v) is 13.2. The Balaban J connectivity index is 1.86. The number of aliphatic hydroxyl groups is 1. The topological polar surface area (TPSA) is 74.5 Å². The Morgan fingerprint density at radius 2 is 2.05 bits per heavy atom. The van der Waals surface area contributed by atoms with Gasteiger partial charge in [0.15, 0.2) is 0 Å². The van der Waals surface area contributed by atoms with Crippen molar-refractivity contribution in [2.24, 2.45) is 0 Å². The fraction of sp³-hybridized carbons (Fsp3) is 0.345. The first-order valence-electron chi connectivity index (χ1n) is 12.8. The minimum atomic E-state index is -0.651. The van der Waals surface area contributed by atoms with E-state index in [1.807, 2.05) is 6.07 Å². The van der Waals surface area contributed by atoms with E-state index >= 15 is 4.39 Å². The summed E-state index contributed by atoms with van der Waals surface area (Å²) in [5.74, 6) is -0.129. The predicted octanol–water partition coefficient (Wildman–Crippen LogP) is 5.78. The van der Waals surface area contributed by atoms with Crippen LogP contribution in [-0.4, -0.2) is 57.3 Å². The molecule has 1 N–H and O–H groups in total. The van der Waals surface area contributed by atoms with Crippen LogP contribution in [0.5, 0.6) is 0 Å². The number of fused-ring (bicyclic) bond motifs is 1. The van der Waals surface area contributed by atoms with Crippen molar-refractivity contribution in [1.29, 1.82) is 0 Å². The third-order valence-corrected chi connectivity index (χ3v) is 7.67. The number of aliphatic hydroxyl groups excluding tert-OH is 1. The van der Waals surface area contributed by atoms with Crippen LogP contribution < -0.4 is 10.6 Å². The maximum atomic E-state index is 15.1. The average molecular weight is 536 g/mol. The van der Waals surface area contributed by atoms with Gasteiger partial charge in [-0.15, -0.1) is 0 Å². The molecule has 1 aromatic carbocycles. The Kier molecular flexibility index (Phi) is 7.11. The number of pyridine rings is 1. The molecule has 0 amide bonds. The van der Waals surface area contributed by atoms with Crippen LogP contribution in [0.2, 0.25) is 5.02 Å². The maximum absolute atomic E-state index is 15.1. The van der Waals surface area contributed by atoms with E-state index in [0.717, 1.165) is 31.5 Å². The maximum Gasteiger partial charge on any atom is 0.354 e. The number of aromatic nitrogens is 3. The molecule has 1 saturated carbocycles. The van der Waals surface area contributed by atoms with Gasteiger partial charge in [-0.05, 0) is 69.5 Å². The molecule has 198 valence electrons. The molecule has 9 heteroatoms. The molecule has 2 fully saturated rings. The van der Waals surface area contributed by atoms with E-state index in [1.54, 1.807) is 29.1 Å². The molecular formula is C29H31ClFN5O2. The van der Waals surface area contributed by atoms with E-state index in [0.29, 0.717) is 34.9 Å². The quantitative estimate of drug-likeness (QED) is 0.318. The zero-order chi connectivity index (χ0) is 27.1. The highest BCUT2D eigenvalue weighted by Gasteiger charge is 2.30. The second-order valence-electron chi connectivity index (χ2n) is 10.0. The molecule has 0 spiro atoms. The van der Waals surface area contributed by atoms with Gasteiger partial charge in [-0.1, -0.05) is 24.3 Å². The van der Waals surface area contributed by atoms with Crippen molar-refractivity contribution in [3.05, 3.63) is 87.5 Å². The van der Waals surface area contributed by atoms with E-state index < -0.39 is 11.5 Å². The number of nitrogens with zero attached hydrogens (tertiary/aromatic N) is 5. The van der Waals surface area contributed by atoms with Gasteiger partial charge in [-0.25, -0.2) is 9.18 Å². The van der Waals surface area contributed by atoms with Crippen molar-refractivity contribution in [1.82, 2.24) is 19.4 Å². The van der Waals surface area contributed by atoms with Crippen LogP contribution in [0.25, 0.3) is 22.2 Å². The first kappa shape index (κ1) is 26.1. The van der Waals surface area contributed by atoms with Crippen LogP contribution in [0.4, 0.5) is 10.2 Å². The van der Waals surface area contributed by atoms with Gasteiger partial charge >= 0.3 is 5.69 Å². The van der Waals surface area contributed by atoms with Crippen molar-refractivity contribution in [3.63, 3.8) is 0 Å². The van der Waals surface area contributed by atoms with E-state index in [2.05, 4.69) is 40.3 Å². The van der Waals surface area contributed by atoms with Crippen LogP contribution in [0, 0.1) is 0 Å². The number of halogens is 2. The molecule has 2 aliphatic rings. The normalized spacial score (nSPS) is 19.6. The zero-order valence-corrected chi connectivity index (χ0v) is 22.5.